The maximum atomic E-state index is 4.60. The van der Waals surface area contributed by atoms with Crippen LogP contribution in [0.2, 0.25) is 0 Å². The number of rotatable bonds is 1. The smallest absolute Gasteiger partial charge is 0.0544 e. The first-order valence-corrected chi connectivity index (χ1v) is 2.08. The molecule has 2 heteroatoms. The second-order valence-electron chi connectivity index (χ2n) is 1.21. The lowest BCUT2D eigenvalue weighted by atomic mass is 11.0. The highest BCUT2D eigenvalue weighted by Gasteiger charge is 1.74. The van der Waals surface area contributed by atoms with E-state index in [4.69, 9.17) is 0 Å². The molecule has 0 bridgehead atoms. The van der Waals surface area contributed by atoms with Crippen molar-refractivity contribution in [2.75, 3.05) is 20.0 Å². The molecule has 0 spiro atoms. The minimum Gasteiger partial charge on any atom is -0.299 e. The molecule has 1 nitrogen and oxygen atoms in total. The van der Waals surface area contributed by atoms with Gasteiger partial charge in [0.05, 0.1) is 5.88 Å². The lowest BCUT2D eigenvalue weighted by molar-refractivity contribution is 0.487. The molecule has 0 unspecified atom stereocenters. The minimum atomic E-state index is 0.722. The van der Waals surface area contributed by atoms with E-state index < -0.39 is 0 Å². The zero-order valence-corrected chi connectivity index (χ0v) is 4.38. The van der Waals surface area contributed by atoms with Crippen molar-refractivity contribution in [1.82, 2.24) is 4.90 Å². The molecule has 0 saturated carbocycles. The normalized spacial score (nSPS) is 9.60. The van der Waals surface area contributed by atoms with E-state index in [1.165, 1.54) is 0 Å². The highest BCUT2D eigenvalue weighted by Crippen LogP contribution is 1.72. The Balaban J connectivity index is 2.54. The summed E-state index contributed by atoms with van der Waals surface area (Å²) in [6.45, 7) is 0. The van der Waals surface area contributed by atoms with Crippen LogP contribution in [0.25, 0.3) is 0 Å². The van der Waals surface area contributed by atoms with Gasteiger partial charge in [-0.3, -0.25) is 4.90 Å². The largest absolute Gasteiger partial charge is 0.299 e. The molecule has 0 rings (SSSR count). The van der Waals surface area contributed by atoms with Crippen molar-refractivity contribution < 1.29 is 0 Å². The Kier molecular flexibility index (Phi) is 2.70. The van der Waals surface area contributed by atoms with E-state index in [-0.39, 0.29) is 0 Å². The summed E-state index contributed by atoms with van der Waals surface area (Å²) in [4.78, 5) is 1.94. The SMILES string of the molecule is CN(C)C[S]. The molecular weight excluding hydrogens is 82.1 g/mol. The minimum absolute atomic E-state index is 0.722. The fraction of sp³-hybridized carbons (Fsp3) is 1.00. The van der Waals surface area contributed by atoms with E-state index in [1.807, 2.05) is 19.0 Å². The monoisotopic (exact) mass is 90.0 g/mol. The molecule has 0 aliphatic rings. The average Bonchev–Trinajstić information content (AvgIpc) is 1.38. The summed E-state index contributed by atoms with van der Waals surface area (Å²) in [6.07, 6.45) is 0. The predicted molar refractivity (Wildman–Crippen MR) is 26.1 cm³/mol. The van der Waals surface area contributed by atoms with Crippen LogP contribution in [0.4, 0.5) is 0 Å². The predicted octanol–water partition coefficient (Wildman–Crippen LogP) is 0.703. The van der Waals surface area contributed by atoms with E-state index in [0.29, 0.717) is 0 Å². The number of nitrogens with zero attached hydrogens (tertiary/aromatic N) is 1. The second-order valence-corrected chi connectivity index (χ2v) is 1.47. The standard InChI is InChI=1S/C3H8NS/c1-4(2)3-5/h3H2,1-2H3. The van der Waals surface area contributed by atoms with Crippen molar-refractivity contribution >= 4 is 12.6 Å². The summed E-state index contributed by atoms with van der Waals surface area (Å²) in [7, 11) is 3.90. The lowest BCUT2D eigenvalue weighted by Gasteiger charge is -1.98. The van der Waals surface area contributed by atoms with Crippen LogP contribution >= 0.6 is 12.6 Å². The fourth-order valence-electron chi connectivity index (χ4n) is 0. The third-order valence-corrected chi connectivity index (χ3v) is 0.775. The zero-order chi connectivity index (χ0) is 4.28. The summed E-state index contributed by atoms with van der Waals surface area (Å²) in [5.41, 5.74) is 0. The molecular formula is C3H8NS. The van der Waals surface area contributed by atoms with E-state index in [1.54, 1.807) is 0 Å². The summed E-state index contributed by atoms with van der Waals surface area (Å²) >= 11 is 4.60. The molecule has 0 aliphatic heterocycles. The highest BCUT2D eigenvalue weighted by molar-refractivity contribution is 7.80. The van der Waals surface area contributed by atoms with Crippen LogP contribution in [-0.2, 0) is 0 Å². The van der Waals surface area contributed by atoms with Crippen LogP contribution in [0.1, 0.15) is 0 Å². The van der Waals surface area contributed by atoms with Crippen molar-refractivity contribution in [3.63, 3.8) is 0 Å². The number of hydrogen-bond donors (Lipinski definition) is 0. The van der Waals surface area contributed by atoms with Gasteiger partial charge in [0.2, 0.25) is 0 Å². The van der Waals surface area contributed by atoms with Crippen LogP contribution in [0.5, 0.6) is 0 Å². The highest BCUT2D eigenvalue weighted by atomic mass is 32.1. The summed E-state index contributed by atoms with van der Waals surface area (Å²) < 4.78 is 0. The summed E-state index contributed by atoms with van der Waals surface area (Å²) in [5, 5.41) is 0. The van der Waals surface area contributed by atoms with Gasteiger partial charge in [0.15, 0.2) is 0 Å². The lowest BCUT2D eigenvalue weighted by Crippen LogP contribution is -2.06. The van der Waals surface area contributed by atoms with Gasteiger partial charge in [-0.25, -0.2) is 0 Å². The van der Waals surface area contributed by atoms with E-state index in [2.05, 4.69) is 12.6 Å². The molecule has 0 aromatic heterocycles. The van der Waals surface area contributed by atoms with Crippen molar-refractivity contribution in [2.24, 2.45) is 0 Å². The Morgan fingerprint density at radius 1 is 1.60 bits per heavy atom. The molecule has 31 valence electrons. The number of hydrogen-bond acceptors (Lipinski definition) is 1. The van der Waals surface area contributed by atoms with Crippen molar-refractivity contribution in [2.45, 2.75) is 0 Å². The van der Waals surface area contributed by atoms with E-state index >= 15 is 0 Å². The van der Waals surface area contributed by atoms with Gasteiger partial charge in [-0.1, -0.05) is 12.6 Å². The van der Waals surface area contributed by atoms with E-state index in [9.17, 15) is 0 Å². The van der Waals surface area contributed by atoms with Gasteiger partial charge in [0, 0.05) is 0 Å². The molecule has 0 amide bonds. The van der Waals surface area contributed by atoms with Crippen molar-refractivity contribution in [3.05, 3.63) is 0 Å². The maximum absolute atomic E-state index is 4.60. The van der Waals surface area contributed by atoms with Crippen molar-refractivity contribution in [1.29, 1.82) is 0 Å². The Morgan fingerprint density at radius 2 is 1.80 bits per heavy atom. The summed E-state index contributed by atoms with van der Waals surface area (Å²) in [6, 6.07) is 0. The van der Waals surface area contributed by atoms with Gasteiger partial charge >= 0.3 is 0 Å². The maximum Gasteiger partial charge on any atom is 0.0544 e. The third-order valence-electron chi connectivity index (χ3n) is 0.258. The van der Waals surface area contributed by atoms with Gasteiger partial charge in [-0.15, -0.1) is 0 Å². The van der Waals surface area contributed by atoms with Crippen LogP contribution in [-0.4, -0.2) is 24.9 Å². The first kappa shape index (κ1) is 5.31. The first-order valence-electron chi connectivity index (χ1n) is 1.50. The second kappa shape index (κ2) is 2.54. The van der Waals surface area contributed by atoms with Crippen LogP contribution in [0.15, 0.2) is 0 Å². The molecule has 0 saturated heterocycles. The Labute approximate surface area is 38.4 Å². The van der Waals surface area contributed by atoms with Crippen LogP contribution in [0.3, 0.4) is 0 Å². The van der Waals surface area contributed by atoms with Crippen LogP contribution in [0, 0.1) is 0 Å². The molecule has 0 aromatic rings. The molecule has 0 N–H and O–H groups in total. The Bertz CT molecular complexity index is 20.9. The third kappa shape index (κ3) is 4.31. The van der Waals surface area contributed by atoms with Crippen LogP contribution < -0.4 is 0 Å². The molecule has 5 heavy (non-hydrogen) atoms. The van der Waals surface area contributed by atoms with Gasteiger partial charge in [-0.05, 0) is 14.1 Å². The molecule has 0 aliphatic carbocycles. The summed E-state index contributed by atoms with van der Waals surface area (Å²) in [5.74, 6) is 0.722. The van der Waals surface area contributed by atoms with Gasteiger partial charge in [0.25, 0.3) is 0 Å². The fourth-order valence-corrected chi connectivity index (χ4v) is 0. The van der Waals surface area contributed by atoms with Gasteiger partial charge in [0.1, 0.15) is 0 Å². The first-order chi connectivity index (χ1) is 2.27. The molecule has 0 fully saturated rings. The molecule has 0 atom stereocenters. The Morgan fingerprint density at radius 3 is 1.80 bits per heavy atom. The van der Waals surface area contributed by atoms with E-state index in [0.717, 1.165) is 5.88 Å². The molecule has 0 heterocycles. The average molecular weight is 90.2 g/mol. The molecule has 0 aromatic carbocycles. The van der Waals surface area contributed by atoms with Gasteiger partial charge in [-0.2, -0.15) is 0 Å². The topological polar surface area (TPSA) is 3.24 Å². The molecule has 1 radical (unpaired) electrons. The van der Waals surface area contributed by atoms with Crippen molar-refractivity contribution in [3.8, 4) is 0 Å². The quantitative estimate of drug-likeness (QED) is 0.458. The Hall–Kier alpha value is 0.310. The van der Waals surface area contributed by atoms with Gasteiger partial charge < -0.3 is 0 Å². The zero-order valence-electron chi connectivity index (χ0n) is 3.56.